The van der Waals surface area contributed by atoms with Gasteiger partial charge in [0.05, 0.1) is 6.04 Å². The van der Waals surface area contributed by atoms with E-state index in [-0.39, 0.29) is 5.41 Å². The van der Waals surface area contributed by atoms with Crippen LogP contribution in [0.15, 0.2) is 48.2 Å². The predicted molar refractivity (Wildman–Crippen MR) is 92.5 cm³/mol. The monoisotopic (exact) mass is 303 g/mol. The van der Waals surface area contributed by atoms with Crippen molar-refractivity contribution in [2.24, 2.45) is 5.41 Å². The van der Waals surface area contributed by atoms with Crippen molar-refractivity contribution < 1.29 is 0 Å². The normalized spacial score (nSPS) is 18.8. The maximum Gasteiger partial charge on any atom is 0.0726 e. The topological polar surface area (TPSA) is 3.24 Å². The van der Waals surface area contributed by atoms with E-state index in [0.717, 1.165) is 11.6 Å². The van der Waals surface area contributed by atoms with Crippen molar-refractivity contribution in [1.82, 2.24) is 4.90 Å². The van der Waals surface area contributed by atoms with Crippen molar-refractivity contribution in [2.75, 3.05) is 6.54 Å². The van der Waals surface area contributed by atoms with Gasteiger partial charge in [-0.3, -0.25) is 0 Å². The standard InChI is InChI=1S/C19H26ClN/c1-5-6-12-21-13-11-16(19(2,3)4)14-18(21)15-7-9-17(20)10-8-15/h7-11,13-14,18H,5-6,12H2,1-4H3. The van der Waals surface area contributed by atoms with Gasteiger partial charge in [-0.25, -0.2) is 0 Å². The van der Waals surface area contributed by atoms with Gasteiger partial charge in [0.2, 0.25) is 0 Å². The lowest BCUT2D eigenvalue weighted by Gasteiger charge is -2.35. The van der Waals surface area contributed by atoms with Gasteiger partial charge in [-0.05, 0) is 41.2 Å². The quantitative estimate of drug-likeness (QED) is 0.661. The molecule has 21 heavy (non-hydrogen) atoms. The summed E-state index contributed by atoms with van der Waals surface area (Å²) in [6, 6.07) is 8.56. The van der Waals surface area contributed by atoms with Crippen LogP contribution in [-0.2, 0) is 0 Å². The molecule has 114 valence electrons. The molecule has 1 aromatic rings. The van der Waals surface area contributed by atoms with Crippen LogP contribution in [-0.4, -0.2) is 11.4 Å². The molecule has 1 atom stereocenters. The van der Waals surface area contributed by atoms with Crippen molar-refractivity contribution in [1.29, 1.82) is 0 Å². The average Bonchev–Trinajstić information content (AvgIpc) is 2.45. The van der Waals surface area contributed by atoms with Crippen LogP contribution in [0.5, 0.6) is 0 Å². The van der Waals surface area contributed by atoms with Gasteiger partial charge >= 0.3 is 0 Å². The molecule has 2 rings (SSSR count). The van der Waals surface area contributed by atoms with Gasteiger partial charge in [-0.2, -0.15) is 0 Å². The van der Waals surface area contributed by atoms with E-state index < -0.39 is 0 Å². The Hall–Kier alpha value is -1.21. The smallest absolute Gasteiger partial charge is 0.0726 e. The van der Waals surface area contributed by atoms with Crippen LogP contribution in [0.1, 0.15) is 52.1 Å². The van der Waals surface area contributed by atoms with Crippen molar-refractivity contribution in [3.05, 3.63) is 58.8 Å². The van der Waals surface area contributed by atoms with E-state index in [9.17, 15) is 0 Å². The zero-order valence-electron chi connectivity index (χ0n) is 13.6. The summed E-state index contributed by atoms with van der Waals surface area (Å²) in [6.45, 7) is 10.1. The van der Waals surface area contributed by atoms with Crippen LogP contribution in [0.3, 0.4) is 0 Å². The lowest BCUT2D eigenvalue weighted by atomic mass is 9.83. The molecular formula is C19H26ClN. The molecule has 2 heteroatoms. The first-order valence-corrected chi connectivity index (χ1v) is 8.21. The zero-order chi connectivity index (χ0) is 15.5. The Morgan fingerprint density at radius 2 is 1.81 bits per heavy atom. The third-order valence-electron chi connectivity index (χ3n) is 3.99. The molecule has 0 saturated carbocycles. The minimum absolute atomic E-state index is 0.179. The van der Waals surface area contributed by atoms with Crippen LogP contribution < -0.4 is 0 Å². The van der Waals surface area contributed by atoms with Crippen LogP contribution >= 0.6 is 11.6 Å². The summed E-state index contributed by atoms with van der Waals surface area (Å²) in [5.74, 6) is 0. The van der Waals surface area contributed by atoms with E-state index in [1.54, 1.807) is 0 Å². The Kier molecular flexibility index (Phi) is 5.16. The molecule has 1 heterocycles. The van der Waals surface area contributed by atoms with Crippen LogP contribution in [0.2, 0.25) is 5.02 Å². The molecule has 1 aromatic carbocycles. The fourth-order valence-electron chi connectivity index (χ4n) is 2.59. The Labute approximate surface area is 134 Å². The van der Waals surface area contributed by atoms with E-state index in [0.29, 0.717) is 6.04 Å². The molecule has 1 unspecified atom stereocenters. The second-order valence-corrected chi connectivity index (χ2v) is 7.21. The van der Waals surface area contributed by atoms with Crippen LogP contribution in [0, 0.1) is 5.41 Å². The van der Waals surface area contributed by atoms with Gasteiger partial charge in [0.25, 0.3) is 0 Å². The van der Waals surface area contributed by atoms with Gasteiger partial charge in [-0.1, -0.05) is 63.9 Å². The Morgan fingerprint density at radius 1 is 1.14 bits per heavy atom. The van der Waals surface area contributed by atoms with Crippen LogP contribution in [0.25, 0.3) is 0 Å². The van der Waals surface area contributed by atoms with Gasteiger partial charge in [-0.15, -0.1) is 0 Å². The maximum atomic E-state index is 6.03. The summed E-state index contributed by atoms with van der Waals surface area (Å²) in [4.78, 5) is 2.43. The molecular weight excluding hydrogens is 278 g/mol. The van der Waals surface area contributed by atoms with E-state index in [2.05, 4.69) is 63.1 Å². The van der Waals surface area contributed by atoms with Crippen LogP contribution in [0.4, 0.5) is 0 Å². The van der Waals surface area contributed by atoms with Crippen molar-refractivity contribution in [3.8, 4) is 0 Å². The summed E-state index contributed by atoms with van der Waals surface area (Å²) in [6.07, 6.45) is 9.36. The minimum atomic E-state index is 0.179. The van der Waals surface area contributed by atoms with E-state index in [1.807, 2.05) is 12.1 Å². The van der Waals surface area contributed by atoms with Gasteiger partial charge in [0.1, 0.15) is 0 Å². The highest BCUT2D eigenvalue weighted by Gasteiger charge is 2.24. The van der Waals surface area contributed by atoms with E-state index in [4.69, 9.17) is 11.6 Å². The van der Waals surface area contributed by atoms with Gasteiger partial charge < -0.3 is 4.90 Å². The SMILES string of the molecule is CCCCN1C=CC(C(C)(C)C)=CC1c1ccc(Cl)cc1. The largest absolute Gasteiger partial charge is 0.367 e. The number of hydrogen-bond acceptors (Lipinski definition) is 1. The molecule has 1 aliphatic rings. The highest BCUT2D eigenvalue weighted by molar-refractivity contribution is 6.30. The molecule has 1 nitrogen and oxygen atoms in total. The van der Waals surface area contributed by atoms with E-state index >= 15 is 0 Å². The summed E-state index contributed by atoms with van der Waals surface area (Å²) in [5, 5.41) is 0.797. The lowest BCUT2D eigenvalue weighted by molar-refractivity contribution is 0.307. The molecule has 1 aliphatic heterocycles. The number of unbranched alkanes of at least 4 members (excludes halogenated alkanes) is 1. The highest BCUT2D eigenvalue weighted by atomic mass is 35.5. The Bertz CT molecular complexity index is 519. The summed E-state index contributed by atoms with van der Waals surface area (Å²) in [7, 11) is 0. The number of nitrogens with zero attached hydrogens (tertiary/aromatic N) is 1. The third-order valence-corrected chi connectivity index (χ3v) is 4.24. The molecule has 0 saturated heterocycles. The lowest BCUT2D eigenvalue weighted by Crippen LogP contribution is -2.27. The number of hydrogen-bond donors (Lipinski definition) is 0. The molecule has 0 fully saturated rings. The third kappa shape index (κ3) is 4.14. The first-order chi connectivity index (χ1) is 9.91. The summed E-state index contributed by atoms with van der Waals surface area (Å²) in [5.41, 5.74) is 2.88. The van der Waals surface area contributed by atoms with Gasteiger partial charge in [0.15, 0.2) is 0 Å². The molecule has 0 radical (unpaired) electrons. The highest BCUT2D eigenvalue weighted by Crippen LogP contribution is 2.35. The first kappa shape index (κ1) is 16.2. The summed E-state index contributed by atoms with van der Waals surface area (Å²) < 4.78 is 0. The molecule has 0 bridgehead atoms. The summed E-state index contributed by atoms with van der Waals surface area (Å²) >= 11 is 6.03. The number of allylic oxidation sites excluding steroid dienone is 2. The first-order valence-electron chi connectivity index (χ1n) is 7.83. The maximum absolute atomic E-state index is 6.03. The number of rotatable bonds is 4. The van der Waals surface area contributed by atoms with Gasteiger partial charge in [0, 0.05) is 17.8 Å². The van der Waals surface area contributed by atoms with Crippen molar-refractivity contribution in [3.63, 3.8) is 0 Å². The molecule has 0 amide bonds. The molecule has 0 aromatic heterocycles. The minimum Gasteiger partial charge on any atom is -0.367 e. The van der Waals surface area contributed by atoms with E-state index in [1.165, 1.54) is 24.0 Å². The average molecular weight is 304 g/mol. The fraction of sp³-hybridized carbons (Fsp3) is 0.474. The Balaban J connectivity index is 2.31. The molecule has 0 aliphatic carbocycles. The fourth-order valence-corrected chi connectivity index (χ4v) is 2.72. The zero-order valence-corrected chi connectivity index (χ0v) is 14.3. The number of halogens is 1. The van der Waals surface area contributed by atoms with Crippen molar-refractivity contribution in [2.45, 2.75) is 46.6 Å². The van der Waals surface area contributed by atoms with Crippen molar-refractivity contribution >= 4 is 11.6 Å². The molecule has 0 N–H and O–H groups in total. The second-order valence-electron chi connectivity index (χ2n) is 6.78. The molecule has 0 spiro atoms. The number of benzene rings is 1. The second kappa shape index (κ2) is 6.70. The predicted octanol–water partition coefficient (Wildman–Crippen LogP) is 5.98. The Morgan fingerprint density at radius 3 is 2.38 bits per heavy atom.